The predicted octanol–water partition coefficient (Wildman–Crippen LogP) is 3.74. The van der Waals surface area contributed by atoms with Crippen molar-refractivity contribution >= 4 is 23.5 Å². The highest BCUT2D eigenvalue weighted by Gasteiger charge is 2.75. The molecule has 12 nitrogen and oxygen atoms in total. The lowest BCUT2D eigenvalue weighted by Crippen LogP contribution is -2.65. The normalized spacial score (nSPS) is 44.1. The minimum Gasteiger partial charge on any atom is -0.458 e. The van der Waals surface area contributed by atoms with Gasteiger partial charge in [0.1, 0.15) is 17.5 Å². The summed E-state index contributed by atoms with van der Waals surface area (Å²) in [5, 5.41) is 44.9. The van der Waals surface area contributed by atoms with E-state index in [0.29, 0.717) is 6.42 Å². The molecule has 4 fully saturated rings. The van der Waals surface area contributed by atoms with Crippen LogP contribution in [0, 0.1) is 39.4 Å². The first-order valence-corrected chi connectivity index (χ1v) is 18.7. The van der Waals surface area contributed by atoms with Crippen LogP contribution in [0.3, 0.4) is 0 Å². The molecule has 5 aliphatic rings. The van der Waals surface area contributed by atoms with Crippen molar-refractivity contribution in [3.63, 3.8) is 0 Å². The summed E-state index contributed by atoms with van der Waals surface area (Å²) in [6.45, 7) is 18.5. The minimum atomic E-state index is -2.11. The van der Waals surface area contributed by atoms with Gasteiger partial charge in [-0.3, -0.25) is 19.2 Å². The molecule has 0 spiro atoms. The van der Waals surface area contributed by atoms with Crippen molar-refractivity contribution in [3.05, 3.63) is 23.8 Å². The van der Waals surface area contributed by atoms with Gasteiger partial charge in [-0.05, 0) is 75.7 Å². The highest BCUT2D eigenvalue weighted by Crippen LogP contribution is 2.74. The Labute approximate surface area is 307 Å². The standard InChI is InChI=1S/C40H60O12/c1-20-16-26(50-21(2)41)31(51-22(3)42)34(49-20)52-27-18-37(8)28-13-12-23-24(17-25(43)33(46)36(23,6)7)39(28,10)30(45)19-38(37,9)32(27)40(11,48)29(44)14-15-35(4,5)47/h12,14-15,20,24-28,31-34,43,46-48H,13,16-19H2,1-11H3. The minimum absolute atomic E-state index is 0.00606. The number of fused-ring (bicyclic) bond motifs is 5. The second-order valence-electron chi connectivity index (χ2n) is 18.3. The van der Waals surface area contributed by atoms with E-state index in [1.165, 1.54) is 40.7 Å². The summed E-state index contributed by atoms with van der Waals surface area (Å²) in [6, 6.07) is 0. The second kappa shape index (κ2) is 13.4. The summed E-state index contributed by atoms with van der Waals surface area (Å²) in [7, 11) is 0. The molecule has 0 aromatic heterocycles. The lowest BCUT2D eigenvalue weighted by Gasteiger charge is -2.65. The van der Waals surface area contributed by atoms with Crippen LogP contribution < -0.4 is 0 Å². The molecule has 52 heavy (non-hydrogen) atoms. The van der Waals surface area contributed by atoms with E-state index in [1.807, 2.05) is 27.7 Å². The molecular weight excluding hydrogens is 672 g/mol. The molecule has 1 heterocycles. The van der Waals surface area contributed by atoms with Crippen molar-refractivity contribution in [3.8, 4) is 0 Å². The number of ketones is 2. The number of aliphatic hydroxyl groups is 4. The van der Waals surface area contributed by atoms with Crippen LogP contribution in [0.1, 0.15) is 108 Å². The molecule has 0 bridgehead atoms. The number of hydrogen-bond acceptors (Lipinski definition) is 12. The third kappa shape index (κ3) is 6.53. The van der Waals surface area contributed by atoms with Crippen molar-refractivity contribution in [2.24, 2.45) is 39.4 Å². The van der Waals surface area contributed by atoms with Crippen molar-refractivity contribution in [1.82, 2.24) is 0 Å². The third-order valence-electron chi connectivity index (χ3n) is 13.8. The number of ether oxygens (including phenoxy) is 4. The smallest absolute Gasteiger partial charge is 0.303 e. The van der Waals surface area contributed by atoms with Crippen molar-refractivity contribution in [1.29, 1.82) is 0 Å². The van der Waals surface area contributed by atoms with Crippen LogP contribution >= 0.6 is 0 Å². The van der Waals surface area contributed by atoms with Crippen LogP contribution in [0.2, 0.25) is 0 Å². The zero-order valence-corrected chi connectivity index (χ0v) is 32.6. The first-order chi connectivity index (χ1) is 23.7. The average Bonchev–Trinajstić information content (AvgIpc) is 3.22. The van der Waals surface area contributed by atoms with E-state index >= 15 is 0 Å². The first kappa shape index (κ1) is 40.7. The van der Waals surface area contributed by atoms with Gasteiger partial charge < -0.3 is 39.4 Å². The maximum atomic E-state index is 14.9. The van der Waals surface area contributed by atoms with E-state index < -0.39 is 99.4 Å². The molecule has 1 saturated heterocycles. The van der Waals surface area contributed by atoms with E-state index in [9.17, 15) is 39.6 Å². The van der Waals surface area contributed by atoms with Gasteiger partial charge in [0, 0.05) is 43.4 Å². The number of carbonyl (C=O) groups is 4. The average molecular weight is 733 g/mol. The molecule has 14 unspecified atom stereocenters. The van der Waals surface area contributed by atoms with Crippen LogP contribution in [-0.4, -0.2) is 98.0 Å². The van der Waals surface area contributed by atoms with Gasteiger partial charge in [0.05, 0.1) is 30.0 Å². The Bertz CT molecular complexity index is 1520. The largest absolute Gasteiger partial charge is 0.458 e. The maximum Gasteiger partial charge on any atom is 0.303 e. The zero-order chi connectivity index (χ0) is 39.1. The summed E-state index contributed by atoms with van der Waals surface area (Å²) in [6.07, 6.45) is -0.889. The Kier molecular flexibility index (Phi) is 10.5. The van der Waals surface area contributed by atoms with Gasteiger partial charge in [-0.25, -0.2) is 0 Å². The zero-order valence-electron chi connectivity index (χ0n) is 32.6. The Morgan fingerprint density at radius 1 is 0.942 bits per heavy atom. The summed E-state index contributed by atoms with van der Waals surface area (Å²) < 4.78 is 24.3. The van der Waals surface area contributed by atoms with Gasteiger partial charge >= 0.3 is 11.9 Å². The van der Waals surface area contributed by atoms with Gasteiger partial charge in [-0.2, -0.15) is 0 Å². The monoisotopic (exact) mass is 732 g/mol. The van der Waals surface area contributed by atoms with Crippen LogP contribution in [0.4, 0.5) is 0 Å². The van der Waals surface area contributed by atoms with E-state index in [1.54, 1.807) is 6.92 Å². The Morgan fingerprint density at radius 2 is 1.56 bits per heavy atom. The molecule has 0 aromatic rings. The number of Topliss-reactive ketones (excluding diaryl/α,β-unsaturated/α-hetero) is 1. The molecule has 4 aliphatic carbocycles. The molecule has 3 saturated carbocycles. The van der Waals surface area contributed by atoms with E-state index in [0.717, 1.165) is 11.6 Å². The second-order valence-corrected chi connectivity index (χ2v) is 18.3. The fourth-order valence-corrected chi connectivity index (χ4v) is 11.2. The molecule has 14 atom stereocenters. The van der Waals surface area contributed by atoms with Crippen LogP contribution in [-0.2, 0) is 38.1 Å². The topological polar surface area (TPSA) is 186 Å². The molecule has 0 radical (unpaired) electrons. The summed E-state index contributed by atoms with van der Waals surface area (Å²) >= 11 is 0. The maximum absolute atomic E-state index is 14.9. The molecule has 0 amide bonds. The number of esters is 2. The quantitative estimate of drug-likeness (QED) is 0.161. The Hall–Kier alpha value is -2.48. The van der Waals surface area contributed by atoms with Crippen LogP contribution in [0.25, 0.3) is 0 Å². The number of hydrogen-bond donors (Lipinski definition) is 4. The number of aliphatic hydroxyl groups excluding tert-OH is 2. The molecular formula is C40H60O12. The lowest BCUT2D eigenvalue weighted by molar-refractivity contribution is -0.292. The SMILES string of the molecule is CC(=O)OC1CC(C)OC(OC2CC3(C)C4CC=C5C(CC(O)C(O)C5(C)C)C4(C)C(=O)CC3(C)C2C(C)(O)C(=O)C=CC(C)(C)O)C1OC(C)=O. The fraction of sp³-hybridized carbons (Fsp3) is 0.800. The predicted molar refractivity (Wildman–Crippen MR) is 188 cm³/mol. The van der Waals surface area contributed by atoms with Crippen LogP contribution in [0.5, 0.6) is 0 Å². The molecule has 4 N–H and O–H groups in total. The number of allylic oxidation sites excluding steroid dienone is 1. The lowest BCUT2D eigenvalue weighted by atomic mass is 9.38. The summed E-state index contributed by atoms with van der Waals surface area (Å²) in [5.74, 6) is -3.59. The first-order valence-electron chi connectivity index (χ1n) is 18.7. The summed E-state index contributed by atoms with van der Waals surface area (Å²) in [4.78, 5) is 53.4. The molecule has 12 heteroatoms. The molecule has 292 valence electrons. The van der Waals surface area contributed by atoms with Gasteiger partial charge in [-0.15, -0.1) is 0 Å². The van der Waals surface area contributed by atoms with E-state index in [2.05, 4.69) is 13.0 Å². The van der Waals surface area contributed by atoms with Gasteiger partial charge in [0.25, 0.3) is 0 Å². The molecule has 0 aromatic carbocycles. The molecule has 5 rings (SSSR count). The Balaban J connectivity index is 1.64. The third-order valence-corrected chi connectivity index (χ3v) is 13.8. The highest BCUT2D eigenvalue weighted by atomic mass is 16.7. The van der Waals surface area contributed by atoms with Gasteiger partial charge in [-0.1, -0.05) is 52.3 Å². The van der Waals surface area contributed by atoms with Gasteiger partial charge in [0.2, 0.25) is 0 Å². The molecule has 1 aliphatic heterocycles. The number of carbonyl (C=O) groups excluding carboxylic acids is 4. The fourth-order valence-electron chi connectivity index (χ4n) is 11.2. The van der Waals surface area contributed by atoms with Crippen LogP contribution in [0.15, 0.2) is 23.8 Å². The van der Waals surface area contributed by atoms with E-state index in [4.69, 9.17) is 18.9 Å². The van der Waals surface area contributed by atoms with Gasteiger partial charge in [0.15, 0.2) is 18.2 Å². The Morgan fingerprint density at radius 3 is 2.13 bits per heavy atom. The van der Waals surface area contributed by atoms with E-state index in [-0.39, 0.29) is 43.3 Å². The van der Waals surface area contributed by atoms with Crippen molar-refractivity contribution in [2.45, 2.75) is 162 Å². The van der Waals surface area contributed by atoms with Crippen molar-refractivity contribution in [2.75, 3.05) is 0 Å². The summed E-state index contributed by atoms with van der Waals surface area (Å²) in [5.41, 5.74) is -5.96. The van der Waals surface area contributed by atoms with Crippen molar-refractivity contribution < 1.29 is 58.6 Å². The highest BCUT2D eigenvalue weighted by molar-refractivity contribution is 5.97. The number of rotatable bonds is 8.